The number of benzene rings is 2. The van der Waals surface area contributed by atoms with E-state index in [0.29, 0.717) is 5.56 Å². The maximum atomic E-state index is 13.6. The van der Waals surface area contributed by atoms with Gasteiger partial charge in [-0.15, -0.1) is 0 Å². The van der Waals surface area contributed by atoms with Gasteiger partial charge in [0.25, 0.3) is 0 Å². The van der Waals surface area contributed by atoms with Crippen LogP contribution in [0.5, 0.6) is 0 Å². The smallest absolute Gasteiger partial charge is 0.129 e. The number of aliphatic hydroxyl groups excluding tert-OH is 1. The van der Waals surface area contributed by atoms with Crippen molar-refractivity contribution in [1.29, 1.82) is 0 Å². The van der Waals surface area contributed by atoms with Crippen LogP contribution in [0.1, 0.15) is 17.2 Å². The molecule has 1 unspecified atom stereocenters. The summed E-state index contributed by atoms with van der Waals surface area (Å²) >= 11 is 5.33. The Morgan fingerprint density at radius 1 is 1.06 bits per heavy atom. The van der Waals surface area contributed by atoms with Gasteiger partial charge in [-0.25, -0.2) is 8.78 Å². The first kappa shape index (κ1) is 13.9. The third-order valence-corrected chi connectivity index (χ3v) is 3.98. The third kappa shape index (κ3) is 2.89. The van der Waals surface area contributed by atoms with Crippen LogP contribution in [0.25, 0.3) is 0 Å². The first-order valence-corrected chi connectivity index (χ1v) is 6.94. The van der Waals surface area contributed by atoms with E-state index in [1.165, 1.54) is 0 Å². The van der Waals surface area contributed by atoms with Crippen LogP contribution in [-0.4, -0.2) is 5.11 Å². The van der Waals surface area contributed by atoms with Gasteiger partial charge in [0, 0.05) is 13.6 Å². The summed E-state index contributed by atoms with van der Waals surface area (Å²) in [6.07, 6.45) is -1.19. The molecule has 0 spiro atoms. The highest BCUT2D eigenvalue weighted by Gasteiger charge is 2.18. The van der Waals surface area contributed by atoms with E-state index in [2.05, 4.69) is 15.9 Å². The molecule has 5 heteroatoms. The van der Waals surface area contributed by atoms with Gasteiger partial charge in [0.1, 0.15) is 17.7 Å². The summed E-state index contributed by atoms with van der Waals surface area (Å²) in [4.78, 5) is 0. The lowest BCUT2D eigenvalue weighted by molar-refractivity contribution is 0.213. The highest BCUT2D eigenvalue weighted by molar-refractivity contribution is 14.1. The molecule has 0 aromatic heterocycles. The second-order valence-corrected chi connectivity index (χ2v) is 5.81. The molecule has 94 valence electrons. The standard InChI is InChI=1S/C13H8BrF2IO/c14-7-1-4-12(17)10(5-7)13(18)9-6-8(15)2-3-11(9)16/h1-6,13,18H. The Morgan fingerprint density at radius 2 is 1.78 bits per heavy atom. The summed E-state index contributed by atoms with van der Waals surface area (Å²) in [6, 6.07) is 8.35. The molecule has 2 aromatic carbocycles. The Kier molecular flexibility index (Phi) is 4.34. The third-order valence-electron chi connectivity index (χ3n) is 2.51. The molecule has 2 rings (SSSR count). The van der Waals surface area contributed by atoms with Crippen molar-refractivity contribution in [2.75, 3.05) is 0 Å². The summed E-state index contributed by atoms with van der Waals surface area (Å²) in [5.74, 6) is -1.20. The summed E-state index contributed by atoms with van der Waals surface area (Å²) < 4.78 is 28.3. The lowest BCUT2D eigenvalue weighted by Gasteiger charge is -2.14. The van der Waals surface area contributed by atoms with Gasteiger partial charge in [0.15, 0.2) is 0 Å². The number of aliphatic hydroxyl groups is 1. The minimum Gasteiger partial charge on any atom is -0.384 e. The van der Waals surface area contributed by atoms with E-state index in [-0.39, 0.29) is 5.56 Å². The predicted octanol–water partition coefficient (Wildman–Crippen LogP) is 4.41. The molecule has 0 amide bonds. The van der Waals surface area contributed by atoms with Gasteiger partial charge in [-0.05, 0) is 64.6 Å². The first-order valence-electron chi connectivity index (χ1n) is 5.07. The molecule has 1 N–H and O–H groups in total. The minimum atomic E-state index is -1.19. The molecule has 0 aliphatic carbocycles. The van der Waals surface area contributed by atoms with Crippen LogP contribution < -0.4 is 0 Å². The van der Waals surface area contributed by atoms with Crippen molar-refractivity contribution in [2.24, 2.45) is 0 Å². The molecule has 0 bridgehead atoms. The normalized spacial score (nSPS) is 12.5. The Bertz CT molecular complexity index is 538. The molecule has 1 nitrogen and oxygen atoms in total. The summed E-state index contributed by atoms with van der Waals surface area (Å²) in [7, 11) is 0. The Morgan fingerprint density at radius 3 is 2.50 bits per heavy atom. The predicted molar refractivity (Wildman–Crippen MR) is 77.3 cm³/mol. The zero-order valence-corrected chi connectivity index (χ0v) is 12.7. The van der Waals surface area contributed by atoms with E-state index in [1.54, 1.807) is 12.1 Å². The highest BCUT2D eigenvalue weighted by atomic mass is 127. The van der Waals surface area contributed by atoms with Crippen LogP contribution in [0.3, 0.4) is 0 Å². The quantitative estimate of drug-likeness (QED) is 0.708. The SMILES string of the molecule is OC(c1cc(F)ccc1F)c1cc(Br)ccc1I. The number of hydrogen-bond acceptors (Lipinski definition) is 1. The van der Waals surface area contributed by atoms with E-state index in [9.17, 15) is 13.9 Å². The van der Waals surface area contributed by atoms with E-state index in [1.807, 2.05) is 28.7 Å². The van der Waals surface area contributed by atoms with Gasteiger partial charge in [-0.1, -0.05) is 15.9 Å². The molecule has 0 radical (unpaired) electrons. The first-order chi connectivity index (χ1) is 8.49. The monoisotopic (exact) mass is 424 g/mol. The Hall–Kier alpha value is -0.530. The van der Waals surface area contributed by atoms with Gasteiger partial charge in [-0.3, -0.25) is 0 Å². The van der Waals surface area contributed by atoms with E-state index in [4.69, 9.17) is 0 Å². The summed E-state index contributed by atoms with van der Waals surface area (Å²) in [5.41, 5.74) is 0.473. The lowest BCUT2D eigenvalue weighted by Crippen LogP contribution is -2.05. The van der Waals surface area contributed by atoms with Crippen LogP contribution in [0, 0.1) is 15.2 Å². The topological polar surface area (TPSA) is 20.2 Å². The molecule has 18 heavy (non-hydrogen) atoms. The molecule has 0 aliphatic rings. The zero-order valence-electron chi connectivity index (χ0n) is 9.00. The second-order valence-electron chi connectivity index (χ2n) is 3.73. The molecular formula is C13H8BrF2IO. The fraction of sp³-hybridized carbons (Fsp3) is 0.0769. The van der Waals surface area contributed by atoms with E-state index < -0.39 is 17.7 Å². The number of halogens is 4. The van der Waals surface area contributed by atoms with Crippen LogP contribution in [0.15, 0.2) is 40.9 Å². The highest BCUT2D eigenvalue weighted by Crippen LogP contribution is 2.30. The molecule has 0 heterocycles. The van der Waals surface area contributed by atoms with Crippen LogP contribution in [0.4, 0.5) is 8.78 Å². The van der Waals surface area contributed by atoms with Gasteiger partial charge in [-0.2, -0.15) is 0 Å². The molecule has 0 fully saturated rings. The maximum Gasteiger partial charge on any atom is 0.129 e. The number of rotatable bonds is 2. The maximum absolute atomic E-state index is 13.6. The van der Waals surface area contributed by atoms with Crippen molar-refractivity contribution in [2.45, 2.75) is 6.10 Å². The van der Waals surface area contributed by atoms with Crippen molar-refractivity contribution in [1.82, 2.24) is 0 Å². The van der Waals surface area contributed by atoms with Crippen LogP contribution in [-0.2, 0) is 0 Å². The molecule has 0 saturated carbocycles. The molecular weight excluding hydrogens is 417 g/mol. The Labute approximate surface area is 125 Å². The molecule has 0 aliphatic heterocycles. The Balaban J connectivity index is 2.50. The van der Waals surface area contributed by atoms with Crippen molar-refractivity contribution >= 4 is 38.5 Å². The van der Waals surface area contributed by atoms with Crippen LogP contribution >= 0.6 is 38.5 Å². The van der Waals surface area contributed by atoms with Gasteiger partial charge < -0.3 is 5.11 Å². The van der Waals surface area contributed by atoms with E-state index in [0.717, 1.165) is 26.2 Å². The van der Waals surface area contributed by atoms with Gasteiger partial charge in [0.2, 0.25) is 0 Å². The zero-order chi connectivity index (χ0) is 13.3. The van der Waals surface area contributed by atoms with Crippen molar-refractivity contribution in [3.05, 3.63) is 67.2 Å². The second kappa shape index (κ2) is 5.63. The fourth-order valence-electron chi connectivity index (χ4n) is 1.62. The van der Waals surface area contributed by atoms with Crippen LogP contribution in [0.2, 0.25) is 0 Å². The average Bonchev–Trinajstić information content (AvgIpc) is 2.34. The fourth-order valence-corrected chi connectivity index (χ4v) is 2.63. The lowest BCUT2D eigenvalue weighted by atomic mass is 10.0. The van der Waals surface area contributed by atoms with Crippen molar-refractivity contribution in [3.63, 3.8) is 0 Å². The molecule has 0 saturated heterocycles. The largest absolute Gasteiger partial charge is 0.384 e. The van der Waals surface area contributed by atoms with Gasteiger partial charge >= 0.3 is 0 Å². The number of hydrogen-bond donors (Lipinski definition) is 1. The van der Waals surface area contributed by atoms with Crippen molar-refractivity contribution < 1.29 is 13.9 Å². The molecule has 2 aromatic rings. The van der Waals surface area contributed by atoms with Gasteiger partial charge in [0.05, 0.1) is 0 Å². The minimum absolute atomic E-state index is 0.0639. The summed E-state index contributed by atoms with van der Waals surface area (Å²) in [5, 5.41) is 10.2. The molecule has 1 atom stereocenters. The summed E-state index contributed by atoms with van der Waals surface area (Å²) in [6.45, 7) is 0. The average molecular weight is 425 g/mol. The van der Waals surface area contributed by atoms with Crippen molar-refractivity contribution in [3.8, 4) is 0 Å². The van der Waals surface area contributed by atoms with E-state index >= 15 is 0 Å².